The van der Waals surface area contributed by atoms with Crippen molar-refractivity contribution in [2.24, 2.45) is 0 Å². The average molecular weight is 311 g/mol. The molecule has 0 fully saturated rings. The number of methoxy groups -OCH3 is 1. The van der Waals surface area contributed by atoms with Crippen molar-refractivity contribution in [3.8, 4) is 5.75 Å². The minimum atomic E-state index is -0.0761. The van der Waals surface area contributed by atoms with Gasteiger partial charge in [-0.2, -0.15) is 0 Å². The number of rotatable bonds is 4. The lowest BCUT2D eigenvalue weighted by Crippen LogP contribution is -2.26. The molecule has 0 saturated carbocycles. The molecular formula is C14H15ClN2O2S. The van der Waals surface area contributed by atoms with E-state index in [1.54, 1.807) is 47.0 Å². The first-order valence-electron chi connectivity index (χ1n) is 6.01. The third-order valence-electron chi connectivity index (χ3n) is 2.97. The van der Waals surface area contributed by atoms with Gasteiger partial charge in [0.15, 0.2) is 0 Å². The van der Waals surface area contributed by atoms with E-state index in [9.17, 15) is 4.79 Å². The molecule has 0 aliphatic carbocycles. The van der Waals surface area contributed by atoms with Crippen LogP contribution in [-0.4, -0.2) is 29.9 Å². The van der Waals surface area contributed by atoms with Crippen molar-refractivity contribution in [1.29, 1.82) is 0 Å². The molecule has 6 heteroatoms. The molecule has 2 aromatic rings. The van der Waals surface area contributed by atoms with Crippen LogP contribution in [-0.2, 0) is 6.54 Å². The van der Waals surface area contributed by atoms with Gasteiger partial charge in [0.2, 0.25) is 0 Å². The summed E-state index contributed by atoms with van der Waals surface area (Å²) in [5, 5.41) is 0.491. The number of nitrogens with zero attached hydrogens (tertiary/aromatic N) is 2. The lowest BCUT2D eigenvalue weighted by molar-refractivity contribution is 0.0786. The molecule has 0 atom stereocenters. The number of hydrogen-bond acceptors (Lipinski definition) is 4. The number of carbonyl (C=O) groups is 1. The minimum absolute atomic E-state index is 0.0761. The highest BCUT2D eigenvalue weighted by Gasteiger charge is 2.15. The Morgan fingerprint density at radius 2 is 2.25 bits per heavy atom. The van der Waals surface area contributed by atoms with Gasteiger partial charge in [-0.15, -0.1) is 11.3 Å². The number of aromatic nitrogens is 1. The van der Waals surface area contributed by atoms with Crippen molar-refractivity contribution in [3.05, 3.63) is 44.9 Å². The quantitative estimate of drug-likeness (QED) is 0.869. The summed E-state index contributed by atoms with van der Waals surface area (Å²) < 4.78 is 5.13. The number of amides is 1. The normalized spacial score (nSPS) is 10.4. The smallest absolute Gasteiger partial charge is 0.254 e. The molecule has 0 spiro atoms. The summed E-state index contributed by atoms with van der Waals surface area (Å²) in [6, 6.07) is 5.02. The van der Waals surface area contributed by atoms with Crippen LogP contribution in [0.3, 0.4) is 0 Å². The van der Waals surface area contributed by atoms with Crippen molar-refractivity contribution in [2.75, 3.05) is 14.2 Å². The number of benzene rings is 1. The topological polar surface area (TPSA) is 42.4 Å². The molecule has 1 aromatic carbocycles. The van der Waals surface area contributed by atoms with E-state index in [0.29, 0.717) is 22.9 Å². The van der Waals surface area contributed by atoms with Gasteiger partial charge in [0, 0.05) is 17.5 Å². The van der Waals surface area contributed by atoms with Crippen LogP contribution >= 0.6 is 22.9 Å². The number of hydrogen-bond donors (Lipinski definition) is 0. The molecule has 4 nitrogen and oxygen atoms in total. The maximum absolute atomic E-state index is 12.4. The fraction of sp³-hybridized carbons (Fsp3) is 0.286. The van der Waals surface area contributed by atoms with E-state index in [2.05, 4.69) is 4.98 Å². The molecule has 20 heavy (non-hydrogen) atoms. The molecule has 1 amide bonds. The second kappa shape index (κ2) is 6.24. The molecule has 0 N–H and O–H groups in total. The number of halogens is 1. The first-order valence-corrected chi connectivity index (χ1v) is 7.26. The van der Waals surface area contributed by atoms with Crippen LogP contribution in [0.2, 0.25) is 5.02 Å². The van der Waals surface area contributed by atoms with E-state index >= 15 is 0 Å². The molecule has 0 saturated heterocycles. The van der Waals surface area contributed by atoms with Crippen LogP contribution in [0.25, 0.3) is 0 Å². The van der Waals surface area contributed by atoms with E-state index in [1.165, 1.54) is 7.11 Å². The van der Waals surface area contributed by atoms with E-state index in [1.807, 2.05) is 6.92 Å². The van der Waals surface area contributed by atoms with Gasteiger partial charge in [0.25, 0.3) is 5.91 Å². The summed E-state index contributed by atoms with van der Waals surface area (Å²) in [6.45, 7) is 2.48. The number of aryl methyl sites for hydroxylation is 1. The zero-order valence-corrected chi connectivity index (χ0v) is 13.1. The molecule has 1 aromatic heterocycles. The van der Waals surface area contributed by atoms with E-state index in [4.69, 9.17) is 16.3 Å². The van der Waals surface area contributed by atoms with Gasteiger partial charge in [0.1, 0.15) is 5.75 Å². The maximum Gasteiger partial charge on any atom is 0.254 e. The second-order valence-electron chi connectivity index (χ2n) is 4.37. The predicted molar refractivity (Wildman–Crippen MR) is 80.7 cm³/mol. The van der Waals surface area contributed by atoms with E-state index < -0.39 is 0 Å². The fourth-order valence-corrected chi connectivity index (χ4v) is 2.80. The lowest BCUT2D eigenvalue weighted by Gasteiger charge is -2.17. The number of carbonyl (C=O) groups excluding carboxylic acids is 1. The molecule has 106 valence electrons. The van der Waals surface area contributed by atoms with Crippen molar-refractivity contribution < 1.29 is 9.53 Å². The van der Waals surface area contributed by atoms with Crippen LogP contribution < -0.4 is 4.74 Å². The van der Waals surface area contributed by atoms with Gasteiger partial charge < -0.3 is 9.64 Å². The summed E-state index contributed by atoms with van der Waals surface area (Å²) in [7, 11) is 3.29. The van der Waals surface area contributed by atoms with E-state index in [-0.39, 0.29) is 5.91 Å². The van der Waals surface area contributed by atoms with Crippen molar-refractivity contribution in [3.63, 3.8) is 0 Å². The van der Waals surface area contributed by atoms with Crippen molar-refractivity contribution in [2.45, 2.75) is 13.5 Å². The van der Waals surface area contributed by atoms with Crippen LogP contribution in [0.15, 0.2) is 23.7 Å². The number of thiazole rings is 1. The van der Waals surface area contributed by atoms with Crippen molar-refractivity contribution in [1.82, 2.24) is 9.88 Å². The average Bonchev–Trinajstić information content (AvgIpc) is 2.84. The maximum atomic E-state index is 12.4. The molecule has 0 aliphatic rings. The molecule has 0 aliphatic heterocycles. The van der Waals surface area contributed by atoms with Gasteiger partial charge >= 0.3 is 0 Å². The zero-order valence-electron chi connectivity index (χ0n) is 11.5. The standard InChI is InChI=1S/C14H15ClN2O2S/c1-9-13(20-8-16-9)7-17(2)14(18)10-4-5-11(15)12(6-10)19-3/h4-6,8H,7H2,1-3H3. The Morgan fingerprint density at radius 1 is 1.50 bits per heavy atom. The molecule has 1 heterocycles. The molecular weight excluding hydrogens is 296 g/mol. The first-order chi connectivity index (χ1) is 9.52. The van der Waals surface area contributed by atoms with Crippen molar-refractivity contribution >= 4 is 28.8 Å². The van der Waals surface area contributed by atoms with Gasteiger partial charge in [0.05, 0.1) is 29.9 Å². The van der Waals surface area contributed by atoms with Crippen LogP contribution in [0.5, 0.6) is 5.75 Å². The summed E-state index contributed by atoms with van der Waals surface area (Å²) in [5.41, 5.74) is 3.30. The Labute approximate surface area is 127 Å². The highest BCUT2D eigenvalue weighted by Crippen LogP contribution is 2.26. The van der Waals surface area contributed by atoms with Gasteiger partial charge in [-0.3, -0.25) is 4.79 Å². The summed E-state index contributed by atoms with van der Waals surface area (Å²) in [6.07, 6.45) is 0. The molecule has 0 bridgehead atoms. The Balaban J connectivity index is 2.16. The Kier molecular flexibility index (Phi) is 4.62. The fourth-order valence-electron chi connectivity index (χ4n) is 1.78. The Hall–Kier alpha value is -1.59. The molecule has 2 rings (SSSR count). The van der Waals surface area contributed by atoms with Crippen LogP contribution in [0.4, 0.5) is 0 Å². The van der Waals surface area contributed by atoms with Gasteiger partial charge in [-0.1, -0.05) is 11.6 Å². The summed E-state index contributed by atoms with van der Waals surface area (Å²) in [5.74, 6) is 0.424. The van der Waals surface area contributed by atoms with Crippen LogP contribution in [0, 0.1) is 6.92 Å². The summed E-state index contributed by atoms with van der Waals surface area (Å²) >= 11 is 7.51. The predicted octanol–water partition coefficient (Wildman–Crippen LogP) is 3.39. The molecule has 0 unspecified atom stereocenters. The van der Waals surface area contributed by atoms with Crippen LogP contribution in [0.1, 0.15) is 20.9 Å². The monoisotopic (exact) mass is 310 g/mol. The van der Waals surface area contributed by atoms with E-state index in [0.717, 1.165) is 10.6 Å². The first kappa shape index (κ1) is 14.8. The second-order valence-corrected chi connectivity index (χ2v) is 5.72. The Morgan fingerprint density at radius 3 is 2.85 bits per heavy atom. The third-order valence-corrected chi connectivity index (χ3v) is 4.20. The lowest BCUT2D eigenvalue weighted by atomic mass is 10.2. The zero-order chi connectivity index (χ0) is 14.7. The molecule has 0 radical (unpaired) electrons. The highest BCUT2D eigenvalue weighted by atomic mass is 35.5. The third kappa shape index (κ3) is 3.11. The SMILES string of the molecule is COc1cc(C(=O)N(C)Cc2scnc2C)ccc1Cl. The number of ether oxygens (including phenoxy) is 1. The highest BCUT2D eigenvalue weighted by molar-refractivity contribution is 7.09. The van der Waals surface area contributed by atoms with Gasteiger partial charge in [-0.05, 0) is 25.1 Å². The minimum Gasteiger partial charge on any atom is -0.495 e. The van der Waals surface area contributed by atoms with Gasteiger partial charge in [-0.25, -0.2) is 4.98 Å². The Bertz CT molecular complexity index is 627. The largest absolute Gasteiger partial charge is 0.495 e. The summed E-state index contributed by atoms with van der Waals surface area (Å²) in [4.78, 5) is 19.3.